The number of ether oxygens (including phenoxy) is 2. The maximum absolute atomic E-state index is 13.9. The zero-order valence-corrected chi connectivity index (χ0v) is 18.0. The molecule has 2 heterocycles. The third-order valence-electron chi connectivity index (χ3n) is 6.53. The Hall–Kier alpha value is -2.44. The first kappa shape index (κ1) is 21.8. The Morgan fingerprint density at radius 3 is 2.81 bits per heavy atom. The van der Waals surface area contributed by atoms with E-state index in [1.165, 1.54) is 12.1 Å². The lowest BCUT2D eigenvalue weighted by Gasteiger charge is -2.42. The first-order valence-corrected chi connectivity index (χ1v) is 11.0. The number of rotatable bonds is 5. The molecule has 2 fully saturated rings. The Kier molecular flexibility index (Phi) is 6.58. The molecule has 0 bridgehead atoms. The second kappa shape index (κ2) is 9.37. The molecule has 1 N–H and O–H groups in total. The van der Waals surface area contributed by atoms with E-state index in [1.54, 1.807) is 13.2 Å². The molecule has 5 nitrogen and oxygen atoms in total. The van der Waals surface area contributed by atoms with Gasteiger partial charge in [-0.1, -0.05) is 24.3 Å². The fraction of sp³-hybridized carbons (Fsp3) is 0.480. The summed E-state index contributed by atoms with van der Waals surface area (Å²) in [6.07, 6.45) is 3.04. The van der Waals surface area contributed by atoms with Crippen molar-refractivity contribution >= 4 is 5.91 Å². The van der Waals surface area contributed by atoms with Crippen LogP contribution in [0.3, 0.4) is 0 Å². The van der Waals surface area contributed by atoms with Crippen LogP contribution in [-0.4, -0.2) is 55.4 Å². The van der Waals surface area contributed by atoms with Crippen LogP contribution in [0, 0.1) is 11.2 Å². The van der Waals surface area contributed by atoms with Gasteiger partial charge in [-0.3, -0.25) is 4.79 Å². The zero-order chi connectivity index (χ0) is 21.8. The van der Waals surface area contributed by atoms with E-state index in [0.717, 1.165) is 24.0 Å². The molecule has 2 aliphatic rings. The maximum atomic E-state index is 13.9. The number of aliphatic hydroxyl groups excluding tert-OH is 1. The lowest BCUT2D eigenvalue weighted by atomic mass is 9.73. The molecule has 0 saturated carbocycles. The molecule has 4 rings (SSSR count). The number of benzene rings is 2. The fourth-order valence-electron chi connectivity index (χ4n) is 4.85. The van der Waals surface area contributed by atoms with Gasteiger partial charge in [-0.15, -0.1) is 0 Å². The van der Waals surface area contributed by atoms with E-state index in [4.69, 9.17) is 9.47 Å². The molecule has 2 aromatic carbocycles. The molecule has 6 heteroatoms. The number of β-amino-alcohol motifs (C(OH)–C–C–N with tert-alkyl or cyclic N) is 1. The van der Waals surface area contributed by atoms with Crippen molar-refractivity contribution in [3.05, 3.63) is 53.8 Å². The van der Waals surface area contributed by atoms with Crippen LogP contribution >= 0.6 is 0 Å². The van der Waals surface area contributed by atoms with Gasteiger partial charge in [-0.2, -0.15) is 0 Å². The summed E-state index contributed by atoms with van der Waals surface area (Å²) in [5.41, 5.74) is 2.03. The number of likely N-dealkylation sites (tertiary alicyclic amines) is 1. The van der Waals surface area contributed by atoms with E-state index < -0.39 is 11.5 Å². The van der Waals surface area contributed by atoms with E-state index in [9.17, 15) is 14.3 Å². The van der Waals surface area contributed by atoms with Gasteiger partial charge in [0.2, 0.25) is 5.91 Å². The molecule has 0 radical (unpaired) electrons. The monoisotopic (exact) mass is 427 g/mol. The standard InChI is InChI=1S/C25H30FNO4/c1-30-23-8-7-20(26)15-22(23)19-5-2-4-18(14-19)16-25(9-12-31-13-10-25)24(29)27-11-3-6-21(28)17-27/h2,4-5,7-8,14-15,21,28H,3,6,9-13,16-17H2,1H3. The van der Waals surface area contributed by atoms with Crippen molar-refractivity contribution in [2.24, 2.45) is 5.41 Å². The smallest absolute Gasteiger partial charge is 0.229 e. The zero-order valence-electron chi connectivity index (χ0n) is 18.0. The number of carbonyl (C=O) groups is 1. The average Bonchev–Trinajstić information content (AvgIpc) is 2.79. The molecule has 1 unspecified atom stereocenters. The summed E-state index contributed by atoms with van der Waals surface area (Å²) >= 11 is 0. The van der Waals surface area contributed by atoms with Crippen molar-refractivity contribution in [3.63, 3.8) is 0 Å². The Morgan fingerprint density at radius 2 is 2.06 bits per heavy atom. The highest BCUT2D eigenvalue weighted by molar-refractivity contribution is 5.83. The van der Waals surface area contributed by atoms with Crippen LogP contribution in [0.2, 0.25) is 0 Å². The molecule has 31 heavy (non-hydrogen) atoms. The van der Waals surface area contributed by atoms with Crippen molar-refractivity contribution in [1.82, 2.24) is 4.90 Å². The Labute approximate surface area is 182 Å². The summed E-state index contributed by atoms with van der Waals surface area (Å²) in [6.45, 7) is 2.21. The lowest BCUT2D eigenvalue weighted by Crippen LogP contribution is -2.52. The first-order chi connectivity index (χ1) is 15.0. The van der Waals surface area contributed by atoms with Crippen LogP contribution < -0.4 is 4.74 Å². The molecule has 0 aromatic heterocycles. The maximum Gasteiger partial charge on any atom is 0.229 e. The van der Waals surface area contributed by atoms with Crippen LogP contribution in [0.1, 0.15) is 31.2 Å². The number of hydrogen-bond acceptors (Lipinski definition) is 4. The predicted octanol–water partition coefficient (Wildman–Crippen LogP) is 3.82. The lowest BCUT2D eigenvalue weighted by molar-refractivity contribution is -0.151. The van der Waals surface area contributed by atoms with Gasteiger partial charge in [0.05, 0.1) is 18.6 Å². The van der Waals surface area contributed by atoms with E-state index in [2.05, 4.69) is 0 Å². The molecule has 1 atom stereocenters. The largest absolute Gasteiger partial charge is 0.496 e. The van der Waals surface area contributed by atoms with Gasteiger partial charge in [-0.05, 0) is 61.4 Å². The summed E-state index contributed by atoms with van der Waals surface area (Å²) in [5.74, 6) is 0.405. The molecule has 166 valence electrons. The summed E-state index contributed by atoms with van der Waals surface area (Å²) in [6, 6.07) is 12.4. The SMILES string of the molecule is COc1ccc(F)cc1-c1cccc(CC2(C(=O)N3CCCC(O)C3)CCOCC2)c1. The normalized spacial score (nSPS) is 21.0. The van der Waals surface area contributed by atoms with Gasteiger partial charge in [0.25, 0.3) is 0 Å². The van der Waals surface area contributed by atoms with Crippen LogP contribution in [-0.2, 0) is 16.0 Å². The van der Waals surface area contributed by atoms with Crippen LogP contribution in [0.4, 0.5) is 4.39 Å². The van der Waals surface area contributed by atoms with Gasteiger partial charge >= 0.3 is 0 Å². The number of halogens is 1. The van der Waals surface area contributed by atoms with E-state index in [-0.39, 0.29) is 11.7 Å². The summed E-state index contributed by atoms with van der Waals surface area (Å²) in [4.78, 5) is 15.4. The Balaban J connectivity index is 1.63. The van der Waals surface area contributed by atoms with Crippen molar-refractivity contribution in [1.29, 1.82) is 0 Å². The molecule has 2 saturated heterocycles. The second-order valence-electron chi connectivity index (χ2n) is 8.66. The van der Waals surface area contributed by atoms with Crippen molar-refractivity contribution in [2.45, 2.75) is 38.2 Å². The highest BCUT2D eigenvalue weighted by atomic mass is 19.1. The molecule has 1 amide bonds. The third kappa shape index (κ3) is 4.75. The summed E-state index contributed by atoms with van der Waals surface area (Å²) in [7, 11) is 1.57. The fourth-order valence-corrected chi connectivity index (χ4v) is 4.85. The number of methoxy groups -OCH3 is 1. The van der Waals surface area contributed by atoms with Crippen LogP contribution in [0.15, 0.2) is 42.5 Å². The minimum atomic E-state index is -0.542. The number of nitrogens with zero attached hydrogens (tertiary/aromatic N) is 1. The van der Waals surface area contributed by atoms with Crippen LogP contribution in [0.25, 0.3) is 11.1 Å². The van der Waals surface area contributed by atoms with E-state index in [1.807, 2.05) is 29.2 Å². The summed E-state index contributed by atoms with van der Waals surface area (Å²) < 4.78 is 24.9. The molecule has 0 aliphatic carbocycles. The van der Waals surface area contributed by atoms with Crippen molar-refractivity contribution in [3.8, 4) is 16.9 Å². The van der Waals surface area contributed by atoms with Gasteiger partial charge in [0.1, 0.15) is 11.6 Å². The van der Waals surface area contributed by atoms with Crippen LogP contribution in [0.5, 0.6) is 5.75 Å². The highest BCUT2D eigenvalue weighted by Gasteiger charge is 2.43. The number of carbonyl (C=O) groups excluding carboxylic acids is 1. The molecular formula is C25H30FNO4. The minimum absolute atomic E-state index is 0.114. The van der Waals surface area contributed by atoms with Gasteiger partial charge in [-0.25, -0.2) is 4.39 Å². The highest BCUT2D eigenvalue weighted by Crippen LogP contribution is 2.39. The minimum Gasteiger partial charge on any atom is -0.496 e. The first-order valence-electron chi connectivity index (χ1n) is 11.0. The van der Waals surface area contributed by atoms with Gasteiger partial charge < -0.3 is 19.5 Å². The van der Waals surface area contributed by atoms with Crippen molar-refractivity contribution in [2.75, 3.05) is 33.4 Å². The quantitative estimate of drug-likeness (QED) is 0.788. The van der Waals surface area contributed by atoms with Gasteiger partial charge in [0, 0.05) is 31.9 Å². The average molecular weight is 428 g/mol. The van der Waals surface area contributed by atoms with E-state index in [0.29, 0.717) is 56.9 Å². The van der Waals surface area contributed by atoms with Crippen molar-refractivity contribution < 1.29 is 23.8 Å². The molecule has 0 spiro atoms. The Morgan fingerprint density at radius 1 is 1.26 bits per heavy atom. The number of amides is 1. The number of piperidine rings is 1. The third-order valence-corrected chi connectivity index (χ3v) is 6.53. The molecular weight excluding hydrogens is 397 g/mol. The van der Waals surface area contributed by atoms with Gasteiger partial charge in [0.15, 0.2) is 0 Å². The molecule has 2 aliphatic heterocycles. The topological polar surface area (TPSA) is 59.0 Å². The molecule has 2 aromatic rings. The Bertz CT molecular complexity index is 925. The predicted molar refractivity (Wildman–Crippen MR) is 116 cm³/mol. The number of aliphatic hydroxyl groups is 1. The summed E-state index contributed by atoms with van der Waals surface area (Å²) in [5, 5.41) is 10.1. The number of hydrogen-bond donors (Lipinski definition) is 1. The second-order valence-corrected chi connectivity index (χ2v) is 8.66. The van der Waals surface area contributed by atoms with E-state index >= 15 is 0 Å².